The number of carbonyl (C=O) groups is 2. The van der Waals surface area contributed by atoms with Crippen LogP contribution in [0.5, 0.6) is 0 Å². The summed E-state index contributed by atoms with van der Waals surface area (Å²) in [5.74, 6) is -1.06. The third-order valence-corrected chi connectivity index (χ3v) is 3.72. The van der Waals surface area contributed by atoms with E-state index in [0.29, 0.717) is 18.2 Å². The van der Waals surface area contributed by atoms with Gasteiger partial charge < -0.3 is 19.6 Å². The minimum atomic E-state index is -1.06. The SMILES string of the molecule is CN(Cc1ccccc1Cl)C(=O)N1CCOCC1C(=O)O. The number of amides is 2. The summed E-state index contributed by atoms with van der Waals surface area (Å²) in [4.78, 5) is 26.4. The minimum Gasteiger partial charge on any atom is -0.480 e. The fourth-order valence-electron chi connectivity index (χ4n) is 2.21. The molecule has 0 aromatic heterocycles. The van der Waals surface area contributed by atoms with Crippen LogP contribution in [0.2, 0.25) is 5.02 Å². The average Bonchev–Trinajstić information content (AvgIpc) is 2.48. The maximum Gasteiger partial charge on any atom is 0.328 e. The van der Waals surface area contributed by atoms with Crippen molar-refractivity contribution in [2.75, 3.05) is 26.8 Å². The Morgan fingerprint density at radius 2 is 2.19 bits per heavy atom. The summed E-state index contributed by atoms with van der Waals surface area (Å²) in [7, 11) is 1.63. The van der Waals surface area contributed by atoms with Gasteiger partial charge in [-0.1, -0.05) is 29.8 Å². The first-order valence-corrected chi connectivity index (χ1v) is 6.94. The molecule has 1 heterocycles. The first-order valence-electron chi connectivity index (χ1n) is 6.56. The maximum absolute atomic E-state index is 12.4. The van der Waals surface area contributed by atoms with E-state index in [9.17, 15) is 9.59 Å². The Labute approximate surface area is 127 Å². The number of nitrogens with zero attached hydrogens (tertiary/aromatic N) is 2. The van der Waals surface area contributed by atoms with E-state index in [-0.39, 0.29) is 19.2 Å². The Balaban J connectivity index is 2.07. The second-order valence-electron chi connectivity index (χ2n) is 4.85. The largest absolute Gasteiger partial charge is 0.480 e. The summed E-state index contributed by atoms with van der Waals surface area (Å²) in [6.45, 7) is 0.946. The fourth-order valence-corrected chi connectivity index (χ4v) is 2.40. The quantitative estimate of drug-likeness (QED) is 0.922. The predicted molar refractivity (Wildman–Crippen MR) is 77.3 cm³/mol. The summed E-state index contributed by atoms with van der Waals surface area (Å²) < 4.78 is 5.13. The molecule has 1 aliphatic rings. The van der Waals surface area contributed by atoms with E-state index in [4.69, 9.17) is 21.4 Å². The molecule has 0 saturated carbocycles. The van der Waals surface area contributed by atoms with Gasteiger partial charge in [0, 0.05) is 25.2 Å². The van der Waals surface area contributed by atoms with Crippen LogP contribution in [0.4, 0.5) is 4.79 Å². The number of benzene rings is 1. The van der Waals surface area contributed by atoms with Gasteiger partial charge in [0.05, 0.1) is 13.2 Å². The number of carbonyl (C=O) groups excluding carboxylic acids is 1. The highest BCUT2D eigenvalue weighted by Gasteiger charge is 2.34. The highest BCUT2D eigenvalue weighted by Crippen LogP contribution is 2.18. The zero-order chi connectivity index (χ0) is 15.4. The molecule has 1 aromatic carbocycles. The van der Waals surface area contributed by atoms with Gasteiger partial charge in [-0.25, -0.2) is 9.59 Å². The zero-order valence-corrected chi connectivity index (χ0v) is 12.4. The van der Waals surface area contributed by atoms with E-state index in [1.54, 1.807) is 13.1 Å². The molecule has 1 atom stereocenters. The van der Waals surface area contributed by atoms with Gasteiger partial charge >= 0.3 is 12.0 Å². The van der Waals surface area contributed by atoms with Crippen molar-refractivity contribution in [1.29, 1.82) is 0 Å². The van der Waals surface area contributed by atoms with Crippen LogP contribution in [0.3, 0.4) is 0 Å². The van der Waals surface area contributed by atoms with E-state index >= 15 is 0 Å². The Bertz CT molecular complexity index is 537. The second-order valence-corrected chi connectivity index (χ2v) is 5.26. The molecule has 6 nitrogen and oxygen atoms in total. The molecule has 0 radical (unpaired) electrons. The summed E-state index contributed by atoms with van der Waals surface area (Å²) in [6, 6.07) is 5.96. The van der Waals surface area contributed by atoms with Crippen LogP contribution in [-0.2, 0) is 16.1 Å². The lowest BCUT2D eigenvalue weighted by molar-refractivity contribution is -0.147. The number of carboxylic acid groups (broad SMARTS) is 1. The molecular weight excluding hydrogens is 296 g/mol. The van der Waals surface area contributed by atoms with E-state index in [1.165, 1.54) is 9.80 Å². The average molecular weight is 313 g/mol. The van der Waals surface area contributed by atoms with Crippen molar-refractivity contribution in [2.45, 2.75) is 12.6 Å². The summed E-state index contributed by atoms with van der Waals surface area (Å²) >= 11 is 6.07. The molecular formula is C14H17ClN2O4. The lowest BCUT2D eigenvalue weighted by Crippen LogP contribution is -2.55. The number of morpholine rings is 1. The van der Waals surface area contributed by atoms with Gasteiger partial charge in [-0.2, -0.15) is 0 Å². The Kier molecular flexibility index (Phi) is 5.03. The number of carboxylic acids is 1. The Morgan fingerprint density at radius 1 is 1.48 bits per heavy atom. The number of ether oxygens (including phenoxy) is 1. The molecule has 0 bridgehead atoms. The van der Waals surface area contributed by atoms with Gasteiger partial charge in [0.15, 0.2) is 6.04 Å². The second kappa shape index (κ2) is 6.78. The van der Waals surface area contributed by atoms with E-state index in [0.717, 1.165) is 5.56 Å². The van der Waals surface area contributed by atoms with Crippen LogP contribution >= 0.6 is 11.6 Å². The maximum atomic E-state index is 12.4. The topological polar surface area (TPSA) is 70.1 Å². The van der Waals surface area contributed by atoms with Crippen molar-refractivity contribution in [1.82, 2.24) is 9.80 Å². The normalized spacial score (nSPS) is 18.4. The number of rotatable bonds is 3. The molecule has 2 amide bonds. The summed E-state index contributed by atoms with van der Waals surface area (Å²) in [6.07, 6.45) is 0. The molecule has 1 saturated heterocycles. The van der Waals surface area contributed by atoms with Crippen molar-refractivity contribution in [3.8, 4) is 0 Å². The van der Waals surface area contributed by atoms with Gasteiger partial charge in [-0.05, 0) is 11.6 Å². The summed E-state index contributed by atoms with van der Waals surface area (Å²) in [5.41, 5.74) is 0.815. The first kappa shape index (κ1) is 15.6. The molecule has 1 N–H and O–H groups in total. The standard InChI is InChI=1S/C14H17ClN2O4/c1-16(8-10-4-2-3-5-11(10)15)14(20)17-6-7-21-9-12(17)13(18)19/h2-5,12H,6-9H2,1H3,(H,18,19). The molecule has 0 spiro atoms. The molecule has 21 heavy (non-hydrogen) atoms. The van der Waals surface area contributed by atoms with E-state index in [1.807, 2.05) is 18.2 Å². The number of halogens is 1. The third kappa shape index (κ3) is 3.65. The van der Waals surface area contributed by atoms with Gasteiger partial charge in [-0.3, -0.25) is 0 Å². The van der Waals surface area contributed by atoms with Crippen LogP contribution in [0.15, 0.2) is 24.3 Å². The molecule has 0 aliphatic carbocycles. The summed E-state index contributed by atoms with van der Waals surface area (Å²) in [5, 5.41) is 9.74. The number of aliphatic carboxylic acids is 1. The van der Waals surface area contributed by atoms with Gasteiger partial charge in [0.25, 0.3) is 0 Å². The van der Waals surface area contributed by atoms with Crippen molar-refractivity contribution in [3.63, 3.8) is 0 Å². The fraction of sp³-hybridized carbons (Fsp3) is 0.429. The van der Waals surface area contributed by atoms with Crippen molar-refractivity contribution in [3.05, 3.63) is 34.9 Å². The zero-order valence-electron chi connectivity index (χ0n) is 11.7. The molecule has 2 rings (SSSR count). The number of hydrogen-bond donors (Lipinski definition) is 1. The monoisotopic (exact) mass is 312 g/mol. The van der Waals surface area contributed by atoms with Gasteiger partial charge in [-0.15, -0.1) is 0 Å². The van der Waals surface area contributed by atoms with Crippen LogP contribution in [-0.4, -0.2) is 59.8 Å². The lowest BCUT2D eigenvalue weighted by atomic mass is 10.2. The highest BCUT2D eigenvalue weighted by molar-refractivity contribution is 6.31. The molecule has 1 fully saturated rings. The van der Waals surface area contributed by atoms with E-state index < -0.39 is 12.0 Å². The molecule has 7 heteroatoms. The number of hydrogen-bond acceptors (Lipinski definition) is 3. The number of urea groups is 1. The molecule has 1 aliphatic heterocycles. The van der Waals surface area contributed by atoms with Crippen LogP contribution in [0.25, 0.3) is 0 Å². The highest BCUT2D eigenvalue weighted by atomic mass is 35.5. The van der Waals surface area contributed by atoms with Crippen molar-refractivity contribution < 1.29 is 19.4 Å². The smallest absolute Gasteiger partial charge is 0.328 e. The Hall–Kier alpha value is -1.79. The molecule has 1 aromatic rings. The Morgan fingerprint density at radius 3 is 2.86 bits per heavy atom. The predicted octanol–water partition coefficient (Wildman–Crippen LogP) is 1.68. The van der Waals surface area contributed by atoms with Crippen LogP contribution in [0, 0.1) is 0 Å². The van der Waals surface area contributed by atoms with Gasteiger partial charge in [0.1, 0.15) is 0 Å². The van der Waals surface area contributed by atoms with Gasteiger partial charge in [0.2, 0.25) is 0 Å². The lowest BCUT2D eigenvalue weighted by Gasteiger charge is -2.35. The van der Waals surface area contributed by atoms with Crippen LogP contribution in [0.1, 0.15) is 5.56 Å². The molecule has 1 unspecified atom stereocenters. The minimum absolute atomic E-state index is 0.0149. The third-order valence-electron chi connectivity index (χ3n) is 3.35. The van der Waals surface area contributed by atoms with Crippen molar-refractivity contribution in [2.24, 2.45) is 0 Å². The van der Waals surface area contributed by atoms with Crippen LogP contribution < -0.4 is 0 Å². The molecule has 114 valence electrons. The van der Waals surface area contributed by atoms with Crippen molar-refractivity contribution >= 4 is 23.6 Å². The first-order chi connectivity index (χ1) is 10.0. The van der Waals surface area contributed by atoms with E-state index in [2.05, 4.69) is 0 Å².